The van der Waals surface area contributed by atoms with E-state index in [9.17, 15) is 9.90 Å². The Morgan fingerprint density at radius 2 is 2.27 bits per heavy atom. The van der Waals surface area contributed by atoms with Crippen LogP contribution in [0.25, 0.3) is 0 Å². The average Bonchev–Trinajstić information content (AvgIpc) is 2.00. The molecule has 1 atom stereocenters. The fourth-order valence-electron chi connectivity index (χ4n) is 1.84. The van der Waals surface area contributed by atoms with E-state index in [0.29, 0.717) is 26.2 Å². The maximum atomic E-state index is 11.5. The summed E-state index contributed by atoms with van der Waals surface area (Å²) in [6, 6.07) is 0.0317. The first-order valence-electron chi connectivity index (χ1n) is 5.16. The molecule has 2 N–H and O–H groups in total. The standard InChI is InChI=1S/C10H20N2O3/c1-8(5-15-3)11-9(13)4-12-6-10(2,14)7-12/h8,14H,4-7H2,1-3H3,(H,11,13). The molecule has 1 fully saturated rings. The van der Waals surface area contributed by atoms with E-state index in [1.54, 1.807) is 14.0 Å². The highest BCUT2D eigenvalue weighted by Crippen LogP contribution is 2.18. The first-order valence-corrected chi connectivity index (χ1v) is 5.16. The molecule has 0 aromatic carbocycles. The fourth-order valence-corrected chi connectivity index (χ4v) is 1.84. The Kier molecular flexibility index (Phi) is 4.07. The van der Waals surface area contributed by atoms with Crippen molar-refractivity contribution in [3.63, 3.8) is 0 Å². The molecule has 1 rings (SSSR count). The number of nitrogens with one attached hydrogen (secondary N) is 1. The molecule has 1 saturated heterocycles. The molecule has 0 saturated carbocycles. The average molecular weight is 216 g/mol. The number of carbonyl (C=O) groups is 1. The van der Waals surface area contributed by atoms with Crippen molar-refractivity contribution < 1.29 is 14.6 Å². The number of hydrogen-bond acceptors (Lipinski definition) is 4. The number of nitrogens with zero attached hydrogens (tertiary/aromatic N) is 1. The van der Waals surface area contributed by atoms with Gasteiger partial charge < -0.3 is 15.2 Å². The van der Waals surface area contributed by atoms with E-state index < -0.39 is 5.60 Å². The predicted molar refractivity (Wildman–Crippen MR) is 56.5 cm³/mol. The lowest BCUT2D eigenvalue weighted by atomic mass is 9.97. The van der Waals surface area contributed by atoms with Crippen molar-refractivity contribution in [1.82, 2.24) is 10.2 Å². The molecule has 1 aliphatic heterocycles. The first-order chi connectivity index (χ1) is 6.93. The van der Waals surface area contributed by atoms with Crippen LogP contribution in [0.2, 0.25) is 0 Å². The number of rotatable bonds is 5. The lowest BCUT2D eigenvalue weighted by molar-refractivity contribution is -0.131. The molecule has 15 heavy (non-hydrogen) atoms. The van der Waals surface area contributed by atoms with Gasteiger partial charge >= 0.3 is 0 Å². The molecule has 5 heteroatoms. The summed E-state index contributed by atoms with van der Waals surface area (Å²) < 4.78 is 4.91. The van der Waals surface area contributed by atoms with Crippen LogP contribution in [-0.2, 0) is 9.53 Å². The van der Waals surface area contributed by atoms with E-state index in [4.69, 9.17) is 4.74 Å². The van der Waals surface area contributed by atoms with Crippen molar-refractivity contribution >= 4 is 5.91 Å². The second-order valence-corrected chi connectivity index (χ2v) is 4.57. The third-order valence-electron chi connectivity index (χ3n) is 2.32. The summed E-state index contributed by atoms with van der Waals surface area (Å²) in [6.07, 6.45) is 0. The number of ether oxygens (including phenoxy) is 1. The SMILES string of the molecule is COCC(C)NC(=O)CN1CC(C)(O)C1. The van der Waals surface area contributed by atoms with Crippen LogP contribution in [0.4, 0.5) is 0 Å². The zero-order valence-electron chi connectivity index (χ0n) is 9.62. The number of amides is 1. The maximum absolute atomic E-state index is 11.5. The number of hydrogen-bond donors (Lipinski definition) is 2. The van der Waals surface area contributed by atoms with Crippen molar-refractivity contribution in [2.45, 2.75) is 25.5 Å². The highest BCUT2D eigenvalue weighted by Gasteiger charge is 2.37. The Bertz CT molecular complexity index is 223. The Labute approximate surface area is 90.4 Å². The van der Waals surface area contributed by atoms with Crippen LogP contribution >= 0.6 is 0 Å². The van der Waals surface area contributed by atoms with E-state index in [1.807, 2.05) is 11.8 Å². The molecule has 0 aromatic heterocycles. The van der Waals surface area contributed by atoms with Gasteiger partial charge in [-0.15, -0.1) is 0 Å². The molecule has 0 aromatic rings. The highest BCUT2D eigenvalue weighted by atomic mass is 16.5. The lowest BCUT2D eigenvalue weighted by Gasteiger charge is -2.43. The Morgan fingerprint density at radius 3 is 2.73 bits per heavy atom. The van der Waals surface area contributed by atoms with Crippen LogP contribution in [0.1, 0.15) is 13.8 Å². The van der Waals surface area contributed by atoms with Crippen LogP contribution in [0.5, 0.6) is 0 Å². The van der Waals surface area contributed by atoms with Gasteiger partial charge in [-0.25, -0.2) is 0 Å². The number of β-amino-alcohol motifs (C(OH)–C–C–N with tert-alkyl or cyclic N) is 1. The molecule has 0 spiro atoms. The van der Waals surface area contributed by atoms with Gasteiger partial charge in [-0.1, -0.05) is 0 Å². The summed E-state index contributed by atoms with van der Waals surface area (Å²) >= 11 is 0. The van der Waals surface area contributed by atoms with Gasteiger partial charge in [0.15, 0.2) is 0 Å². The molecular formula is C10H20N2O3. The Hall–Kier alpha value is -0.650. The number of methoxy groups -OCH3 is 1. The Balaban J connectivity index is 2.15. The van der Waals surface area contributed by atoms with Gasteiger partial charge in [0.2, 0.25) is 5.91 Å². The first kappa shape index (κ1) is 12.4. The summed E-state index contributed by atoms with van der Waals surface area (Å²) in [4.78, 5) is 13.4. The third kappa shape index (κ3) is 4.15. The monoisotopic (exact) mass is 216 g/mol. The molecule has 1 amide bonds. The van der Waals surface area contributed by atoms with Crippen molar-refractivity contribution in [3.8, 4) is 0 Å². The van der Waals surface area contributed by atoms with E-state index >= 15 is 0 Å². The molecule has 1 aliphatic rings. The quantitative estimate of drug-likeness (QED) is 0.632. The second-order valence-electron chi connectivity index (χ2n) is 4.57. The van der Waals surface area contributed by atoms with Gasteiger partial charge in [0.1, 0.15) is 0 Å². The largest absolute Gasteiger partial charge is 0.388 e. The van der Waals surface area contributed by atoms with Crippen LogP contribution < -0.4 is 5.32 Å². The van der Waals surface area contributed by atoms with Crippen molar-refractivity contribution in [2.75, 3.05) is 33.4 Å². The minimum absolute atomic E-state index is 0.0185. The molecule has 0 radical (unpaired) electrons. The highest BCUT2D eigenvalue weighted by molar-refractivity contribution is 5.78. The topological polar surface area (TPSA) is 61.8 Å². The number of likely N-dealkylation sites (tertiary alicyclic amines) is 1. The van der Waals surface area contributed by atoms with Gasteiger partial charge in [0.05, 0.1) is 18.8 Å². The predicted octanol–water partition coefficient (Wildman–Crippen LogP) is -0.796. The lowest BCUT2D eigenvalue weighted by Crippen LogP contribution is -2.61. The minimum atomic E-state index is -0.613. The summed E-state index contributed by atoms with van der Waals surface area (Å²) in [7, 11) is 1.61. The fraction of sp³-hybridized carbons (Fsp3) is 0.900. The molecule has 5 nitrogen and oxygen atoms in total. The zero-order chi connectivity index (χ0) is 11.5. The molecule has 0 bridgehead atoms. The molecule has 88 valence electrons. The van der Waals surface area contributed by atoms with Crippen LogP contribution in [0.3, 0.4) is 0 Å². The number of aliphatic hydroxyl groups is 1. The van der Waals surface area contributed by atoms with E-state index in [-0.39, 0.29) is 11.9 Å². The van der Waals surface area contributed by atoms with Gasteiger partial charge in [-0.3, -0.25) is 9.69 Å². The van der Waals surface area contributed by atoms with Crippen molar-refractivity contribution in [3.05, 3.63) is 0 Å². The summed E-state index contributed by atoms with van der Waals surface area (Å²) in [5.41, 5.74) is -0.613. The smallest absolute Gasteiger partial charge is 0.234 e. The van der Waals surface area contributed by atoms with Gasteiger partial charge in [-0.05, 0) is 13.8 Å². The van der Waals surface area contributed by atoms with Gasteiger partial charge in [0.25, 0.3) is 0 Å². The van der Waals surface area contributed by atoms with Crippen molar-refractivity contribution in [2.24, 2.45) is 0 Å². The molecule has 1 heterocycles. The summed E-state index contributed by atoms with van der Waals surface area (Å²) in [5.74, 6) is -0.0185. The number of carbonyl (C=O) groups excluding carboxylic acids is 1. The van der Waals surface area contributed by atoms with Gasteiger partial charge in [-0.2, -0.15) is 0 Å². The van der Waals surface area contributed by atoms with Gasteiger partial charge in [0, 0.05) is 26.2 Å². The normalized spacial score (nSPS) is 21.9. The molecular weight excluding hydrogens is 196 g/mol. The van der Waals surface area contributed by atoms with Crippen LogP contribution in [0.15, 0.2) is 0 Å². The van der Waals surface area contributed by atoms with E-state index in [2.05, 4.69) is 5.32 Å². The summed E-state index contributed by atoms with van der Waals surface area (Å²) in [6.45, 7) is 5.68. The Morgan fingerprint density at radius 1 is 1.67 bits per heavy atom. The second kappa shape index (κ2) is 4.92. The molecule has 1 unspecified atom stereocenters. The zero-order valence-corrected chi connectivity index (χ0v) is 9.62. The van der Waals surface area contributed by atoms with Crippen LogP contribution in [0, 0.1) is 0 Å². The van der Waals surface area contributed by atoms with E-state index in [0.717, 1.165) is 0 Å². The maximum Gasteiger partial charge on any atom is 0.234 e. The van der Waals surface area contributed by atoms with E-state index in [1.165, 1.54) is 0 Å². The third-order valence-corrected chi connectivity index (χ3v) is 2.32. The summed E-state index contributed by atoms with van der Waals surface area (Å²) in [5, 5.41) is 12.3. The van der Waals surface area contributed by atoms with Crippen LogP contribution in [-0.4, -0.2) is 60.9 Å². The van der Waals surface area contributed by atoms with Crippen molar-refractivity contribution in [1.29, 1.82) is 0 Å². The minimum Gasteiger partial charge on any atom is -0.388 e. The molecule has 0 aliphatic carbocycles.